The predicted octanol–water partition coefficient (Wildman–Crippen LogP) is 7.17. The van der Waals surface area contributed by atoms with Crippen LogP contribution in [-0.2, 0) is 16.1 Å². The summed E-state index contributed by atoms with van der Waals surface area (Å²) in [5, 5.41) is 21.4. The fourth-order valence-electron chi connectivity index (χ4n) is 3.83. The number of nitrogens with zero attached hydrogens (tertiary/aromatic N) is 3. The molecule has 3 aromatic carbocycles. The molecule has 2 heterocycles. The zero-order valence-corrected chi connectivity index (χ0v) is 26.0. The molecule has 5 rings (SSSR count). The van der Waals surface area contributed by atoms with Crippen LogP contribution in [0.2, 0.25) is 0 Å². The van der Waals surface area contributed by atoms with Crippen LogP contribution in [0.15, 0.2) is 108 Å². The van der Waals surface area contributed by atoms with E-state index in [1.807, 2.05) is 0 Å². The van der Waals surface area contributed by atoms with Crippen LogP contribution in [0, 0.1) is 5.82 Å². The molecule has 218 valence electrons. The van der Waals surface area contributed by atoms with E-state index in [0.717, 1.165) is 20.7 Å². The number of benzene rings is 3. The van der Waals surface area contributed by atoms with Crippen molar-refractivity contribution in [3.8, 4) is 11.5 Å². The van der Waals surface area contributed by atoms with Gasteiger partial charge in [-0.05, 0) is 90.6 Å². The van der Waals surface area contributed by atoms with E-state index in [9.17, 15) is 19.1 Å². The summed E-state index contributed by atoms with van der Waals surface area (Å²) in [6, 6.07) is 19.0. The number of halogens is 3. The van der Waals surface area contributed by atoms with E-state index in [0.29, 0.717) is 38.4 Å². The Bertz CT molecular complexity index is 1740. The number of anilines is 1. The Morgan fingerprint density at radius 2 is 1.81 bits per heavy atom. The zero-order valence-electron chi connectivity index (χ0n) is 22.0. The van der Waals surface area contributed by atoms with Gasteiger partial charge >= 0.3 is 0 Å². The summed E-state index contributed by atoms with van der Waals surface area (Å²) in [4.78, 5) is 27.8. The van der Waals surface area contributed by atoms with E-state index < -0.39 is 11.7 Å². The van der Waals surface area contributed by atoms with Crippen LogP contribution in [0.5, 0.6) is 11.5 Å². The second-order valence-corrected chi connectivity index (χ2v) is 11.8. The molecule has 1 aliphatic heterocycles. The van der Waals surface area contributed by atoms with Crippen LogP contribution >= 0.6 is 43.6 Å². The normalized spacial score (nSPS) is 15.1. The van der Waals surface area contributed by atoms with Crippen molar-refractivity contribution in [2.24, 2.45) is 10.2 Å². The Labute approximate surface area is 266 Å². The van der Waals surface area contributed by atoms with Gasteiger partial charge in [-0.15, -0.1) is 5.10 Å². The average Bonchev–Trinajstić information content (AvgIpc) is 3.60. The number of hydrogen-bond donors (Lipinski definition) is 2. The lowest BCUT2D eigenvalue weighted by molar-refractivity contribution is -0.122. The minimum Gasteiger partial charge on any atom is -0.507 e. The summed E-state index contributed by atoms with van der Waals surface area (Å²) in [7, 11) is 0. The van der Waals surface area contributed by atoms with Crippen molar-refractivity contribution in [2.45, 2.75) is 6.54 Å². The number of nitrogens with one attached hydrogen (secondary N) is 1. The van der Waals surface area contributed by atoms with Gasteiger partial charge in [0.1, 0.15) is 23.1 Å². The number of ether oxygens (including phenoxy) is 1. The highest BCUT2D eigenvalue weighted by Gasteiger charge is 2.34. The second-order valence-electron chi connectivity index (χ2n) is 8.94. The van der Waals surface area contributed by atoms with Gasteiger partial charge in [-0.25, -0.2) is 4.39 Å². The quantitative estimate of drug-likeness (QED) is 0.107. The number of rotatable bonds is 9. The van der Waals surface area contributed by atoms with Crippen molar-refractivity contribution < 1.29 is 28.2 Å². The molecular formula is C30H21Br2FN4O5S. The van der Waals surface area contributed by atoms with E-state index >= 15 is 0 Å². The van der Waals surface area contributed by atoms with Gasteiger partial charge in [0.2, 0.25) is 0 Å². The highest BCUT2D eigenvalue weighted by molar-refractivity contribution is 9.10. The van der Waals surface area contributed by atoms with Crippen LogP contribution in [0.4, 0.5) is 10.1 Å². The van der Waals surface area contributed by atoms with Crippen molar-refractivity contribution in [3.05, 3.63) is 116 Å². The average molecular weight is 728 g/mol. The van der Waals surface area contributed by atoms with Crippen LogP contribution in [0.3, 0.4) is 0 Å². The van der Waals surface area contributed by atoms with Gasteiger partial charge in [0.15, 0.2) is 11.8 Å². The van der Waals surface area contributed by atoms with Gasteiger partial charge in [0, 0.05) is 25.8 Å². The highest BCUT2D eigenvalue weighted by Crippen LogP contribution is 2.36. The molecule has 2 N–H and O–H groups in total. The molecule has 2 amide bonds. The summed E-state index contributed by atoms with van der Waals surface area (Å²) in [6.45, 7) is -0.192. The standard InChI is InChI=1S/C30H21Br2FN4O5S/c31-20-3-9-25(38)19(13-20)15-34-36-30-37(16-24-2-1-11-41-24)29(40)27(43-30)14-18-12-21(32)4-10-26(18)42-17-28(39)35-23-7-5-22(33)6-8-23/h1-15,38H,16-17H2,(H,35,39)/b27-14-,34-15-,36-30+. The van der Waals surface area contributed by atoms with Crippen LogP contribution in [0.1, 0.15) is 16.9 Å². The zero-order chi connectivity index (χ0) is 30.3. The lowest BCUT2D eigenvalue weighted by Gasteiger charge is -2.13. The van der Waals surface area contributed by atoms with Crippen molar-refractivity contribution in [1.29, 1.82) is 0 Å². The summed E-state index contributed by atoms with van der Waals surface area (Å²) in [6.07, 6.45) is 4.55. The van der Waals surface area contributed by atoms with Gasteiger partial charge in [-0.1, -0.05) is 31.9 Å². The molecule has 0 aliphatic carbocycles. The Hall–Kier alpha value is -4.20. The Morgan fingerprint density at radius 3 is 2.56 bits per heavy atom. The van der Waals surface area contributed by atoms with Crippen LogP contribution in [-0.4, -0.2) is 39.8 Å². The Morgan fingerprint density at radius 1 is 1.07 bits per heavy atom. The number of amidine groups is 1. The molecular weight excluding hydrogens is 707 g/mol. The number of amides is 2. The largest absolute Gasteiger partial charge is 0.507 e. The molecule has 0 unspecified atom stereocenters. The molecule has 43 heavy (non-hydrogen) atoms. The first-order chi connectivity index (χ1) is 20.7. The van der Waals surface area contributed by atoms with E-state index in [-0.39, 0.29) is 24.8 Å². The minimum atomic E-state index is -0.437. The summed E-state index contributed by atoms with van der Waals surface area (Å²) >= 11 is 7.91. The predicted molar refractivity (Wildman–Crippen MR) is 170 cm³/mol. The SMILES string of the molecule is O=C(COc1ccc(Br)cc1/C=C1\S/C(=N/N=C\c2cc(Br)ccc2O)N(Cc2ccco2)C1=O)Nc1ccc(F)cc1. The molecule has 0 bridgehead atoms. The molecule has 1 aliphatic rings. The molecule has 4 aromatic rings. The molecule has 1 fully saturated rings. The first-order valence-electron chi connectivity index (χ1n) is 12.6. The third-order valence-electron chi connectivity index (χ3n) is 5.86. The van der Waals surface area contributed by atoms with Gasteiger partial charge in [0.25, 0.3) is 11.8 Å². The van der Waals surface area contributed by atoms with E-state index in [1.165, 1.54) is 47.7 Å². The molecule has 1 aromatic heterocycles. The molecule has 0 saturated carbocycles. The lowest BCUT2D eigenvalue weighted by atomic mass is 10.2. The van der Waals surface area contributed by atoms with Crippen molar-refractivity contribution in [2.75, 3.05) is 11.9 Å². The van der Waals surface area contributed by atoms with Crippen LogP contribution in [0.25, 0.3) is 6.08 Å². The minimum absolute atomic E-state index is 0.0314. The second kappa shape index (κ2) is 13.8. The van der Waals surface area contributed by atoms with Crippen molar-refractivity contribution in [3.63, 3.8) is 0 Å². The Kier molecular flexibility index (Phi) is 9.75. The number of furan rings is 1. The summed E-state index contributed by atoms with van der Waals surface area (Å²) < 4.78 is 25.9. The number of aromatic hydroxyl groups is 1. The molecule has 13 heteroatoms. The van der Waals surface area contributed by atoms with Gasteiger partial charge in [0.05, 0.1) is 23.9 Å². The molecule has 0 spiro atoms. The first-order valence-corrected chi connectivity index (χ1v) is 15.0. The number of hydrogen-bond acceptors (Lipinski definition) is 8. The maximum atomic E-state index is 13.5. The Balaban J connectivity index is 1.38. The molecule has 9 nitrogen and oxygen atoms in total. The highest BCUT2D eigenvalue weighted by atomic mass is 79.9. The van der Waals surface area contributed by atoms with Gasteiger partial charge in [-0.3, -0.25) is 14.5 Å². The number of carbonyl (C=O) groups is 2. The molecule has 1 saturated heterocycles. The molecule has 0 radical (unpaired) electrons. The topological polar surface area (TPSA) is 117 Å². The van der Waals surface area contributed by atoms with Gasteiger partial charge < -0.3 is 19.6 Å². The number of phenols is 1. The third kappa shape index (κ3) is 8.00. The summed E-state index contributed by atoms with van der Waals surface area (Å²) in [5.41, 5.74) is 1.42. The first kappa shape index (κ1) is 30.3. The smallest absolute Gasteiger partial charge is 0.267 e. The maximum Gasteiger partial charge on any atom is 0.267 e. The van der Waals surface area contributed by atoms with Crippen LogP contribution < -0.4 is 10.1 Å². The lowest BCUT2D eigenvalue weighted by Crippen LogP contribution is -2.28. The van der Waals surface area contributed by atoms with Crippen molar-refractivity contribution >= 4 is 78.6 Å². The van der Waals surface area contributed by atoms with Crippen molar-refractivity contribution in [1.82, 2.24) is 4.90 Å². The third-order valence-corrected chi connectivity index (χ3v) is 7.84. The number of thioether (sulfide) groups is 1. The fraction of sp³-hybridized carbons (Fsp3) is 0.0667. The fourth-order valence-corrected chi connectivity index (χ4v) is 5.51. The van der Waals surface area contributed by atoms with E-state index in [4.69, 9.17) is 9.15 Å². The number of phenolic OH excluding ortho intramolecular Hbond substituents is 1. The van der Waals surface area contributed by atoms with Gasteiger partial charge in [-0.2, -0.15) is 5.10 Å². The monoisotopic (exact) mass is 726 g/mol. The number of carbonyl (C=O) groups excluding carboxylic acids is 2. The summed E-state index contributed by atoms with van der Waals surface area (Å²) in [5.74, 6) is -0.232. The van der Waals surface area contributed by atoms with E-state index in [1.54, 1.807) is 48.5 Å². The molecule has 0 atom stereocenters. The van der Waals surface area contributed by atoms with E-state index in [2.05, 4.69) is 47.4 Å². The maximum absolute atomic E-state index is 13.5.